The molecule has 1 N–H and O–H groups in total. The number of nitrogens with zero attached hydrogens (tertiary/aromatic N) is 3. The maximum absolute atomic E-state index is 4.28. The molecule has 4 heteroatoms. The van der Waals surface area contributed by atoms with Crippen molar-refractivity contribution in [1.29, 1.82) is 0 Å². The second-order valence-corrected chi connectivity index (χ2v) is 4.82. The summed E-state index contributed by atoms with van der Waals surface area (Å²) in [6.45, 7) is 0. The molecule has 0 bridgehead atoms. The maximum Gasteiger partial charge on any atom is 0.138 e. The minimum atomic E-state index is 0.854. The van der Waals surface area contributed by atoms with Crippen molar-refractivity contribution in [2.45, 2.75) is 0 Å². The molecule has 0 atom stereocenters. The number of para-hydroxylation sites is 1. The maximum atomic E-state index is 4.28. The second kappa shape index (κ2) is 5.23. The molecule has 0 aliphatic heterocycles. The number of H-pyrrole nitrogens is 1. The Balaban J connectivity index is 1.81. The van der Waals surface area contributed by atoms with Gasteiger partial charge in [-0.3, -0.25) is 0 Å². The van der Waals surface area contributed by atoms with Crippen LogP contribution in [0.5, 0.6) is 0 Å². The summed E-state index contributed by atoms with van der Waals surface area (Å²) in [5.41, 5.74) is 3.72. The molecule has 0 radical (unpaired) electrons. The SMILES string of the molecule is C(#Cc1ccnc2[nH]ccc12)c1ccccc1-n1cccn1. The van der Waals surface area contributed by atoms with Crippen molar-refractivity contribution in [3.8, 4) is 17.5 Å². The molecular formula is C18H12N4. The molecular weight excluding hydrogens is 272 g/mol. The Bertz CT molecular complexity index is 985. The quantitative estimate of drug-likeness (QED) is 0.546. The van der Waals surface area contributed by atoms with E-state index in [0.29, 0.717) is 0 Å². The van der Waals surface area contributed by atoms with Gasteiger partial charge in [0.1, 0.15) is 5.65 Å². The monoisotopic (exact) mass is 284 g/mol. The Hall–Kier alpha value is -3.32. The van der Waals surface area contributed by atoms with Gasteiger partial charge in [0.05, 0.1) is 11.3 Å². The number of fused-ring (bicyclic) bond motifs is 1. The van der Waals surface area contributed by atoms with Crippen molar-refractivity contribution in [1.82, 2.24) is 19.7 Å². The largest absolute Gasteiger partial charge is 0.346 e. The predicted octanol–water partition coefficient (Wildman–Crippen LogP) is 3.15. The molecule has 1 aromatic carbocycles. The number of benzene rings is 1. The summed E-state index contributed by atoms with van der Waals surface area (Å²) in [6.07, 6.45) is 7.32. The van der Waals surface area contributed by atoms with E-state index in [2.05, 4.69) is 26.9 Å². The summed E-state index contributed by atoms with van der Waals surface area (Å²) < 4.78 is 1.82. The third-order valence-corrected chi connectivity index (χ3v) is 3.45. The van der Waals surface area contributed by atoms with Gasteiger partial charge in [-0.05, 0) is 30.3 Å². The molecule has 22 heavy (non-hydrogen) atoms. The van der Waals surface area contributed by atoms with Gasteiger partial charge in [-0.2, -0.15) is 5.10 Å². The minimum Gasteiger partial charge on any atom is -0.346 e. The fourth-order valence-corrected chi connectivity index (χ4v) is 2.39. The van der Waals surface area contributed by atoms with Crippen molar-refractivity contribution >= 4 is 11.0 Å². The van der Waals surface area contributed by atoms with Crippen LogP contribution in [0, 0.1) is 11.8 Å². The highest BCUT2D eigenvalue weighted by molar-refractivity contribution is 5.82. The predicted molar refractivity (Wildman–Crippen MR) is 85.6 cm³/mol. The van der Waals surface area contributed by atoms with Crippen LogP contribution in [0.3, 0.4) is 0 Å². The molecule has 0 fully saturated rings. The number of aromatic amines is 1. The van der Waals surface area contributed by atoms with Crippen LogP contribution in [0.1, 0.15) is 11.1 Å². The number of rotatable bonds is 1. The summed E-state index contributed by atoms with van der Waals surface area (Å²) in [5, 5.41) is 5.31. The van der Waals surface area contributed by atoms with Gasteiger partial charge < -0.3 is 4.98 Å². The van der Waals surface area contributed by atoms with Gasteiger partial charge >= 0.3 is 0 Å². The van der Waals surface area contributed by atoms with Gasteiger partial charge in [0.2, 0.25) is 0 Å². The summed E-state index contributed by atoms with van der Waals surface area (Å²) >= 11 is 0. The molecule has 0 spiro atoms. The first-order chi connectivity index (χ1) is 10.9. The Morgan fingerprint density at radius 3 is 2.73 bits per heavy atom. The van der Waals surface area contributed by atoms with Crippen LogP contribution in [0.15, 0.2) is 67.3 Å². The molecule has 4 nitrogen and oxygen atoms in total. The van der Waals surface area contributed by atoms with Crippen LogP contribution in [0.2, 0.25) is 0 Å². The molecule has 0 aliphatic rings. The van der Waals surface area contributed by atoms with Gasteiger partial charge in [-0.25, -0.2) is 9.67 Å². The zero-order valence-electron chi connectivity index (χ0n) is 11.7. The first-order valence-corrected chi connectivity index (χ1v) is 6.95. The average Bonchev–Trinajstić information content (AvgIpc) is 3.24. The third kappa shape index (κ3) is 2.15. The average molecular weight is 284 g/mol. The van der Waals surface area contributed by atoms with Gasteiger partial charge in [-0.15, -0.1) is 0 Å². The summed E-state index contributed by atoms with van der Waals surface area (Å²) in [7, 11) is 0. The van der Waals surface area contributed by atoms with E-state index in [0.717, 1.165) is 27.8 Å². The van der Waals surface area contributed by atoms with Crippen LogP contribution in [0.4, 0.5) is 0 Å². The lowest BCUT2D eigenvalue weighted by Crippen LogP contribution is -1.97. The van der Waals surface area contributed by atoms with Crippen LogP contribution in [-0.2, 0) is 0 Å². The molecule has 3 heterocycles. The van der Waals surface area contributed by atoms with Crippen molar-refractivity contribution in [3.63, 3.8) is 0 Å². The van der Waals surface area contributed by atoms with Gasteiger partial charge in [-0.1, -0.05) is 24.0 Å². The minimum absolute atomic E-state index is 0.854. The first-order valence-electron chi connectivity index (χ1n) is 6.95. The smallest absolute Gasteiger partial charge is 0.138 e. The number of hydrogen-bond acceptors (Lipinski definition) is 2. The molecule has 4 rings (SSSR count). The lowest BCUT2D eigenvalue weighted by Gasteiger charge is -2.03. The lowest BCUT2D eigenvalue weighted by molar-refractivity contribution is 0.878. The van der Waals surface area contributed by atoms with Crippen molar-refractivity contribution in [2.24, 2.45) is 0 Å². The zero-order chi connectivity index (χ0) is 14.8. The van der Waals surface area contributed by atoms with E-state index < -0.39 is 0 Å². The van der Waals surface area contributed by atoms with Gasteiger partial charge in [0.15, 0.2) is 0 Å². The van der Waals surface area contributed by atoms with E-state index in [1.807, 2.05) is 59.5 Å². The molecule has 0 amide bonds. The third-order valence-electron chi connectivity index (χ3n) is 3.45. The molecule has 3 aromatic heterocycles. The number of aromatic nitrogens is 4. The van der Waals surface area contributed by atoms with E-state index in [9.17, 15) is 0 Å². The standard InChI is InChI=1S/C18H12N4/c1-2-5-17(22-13-3-10-21-22)15(4-1)7-6-14-8-11-19-18-16(14)9-12-20-18/h1-5,8-13H,(H,19,20). The summed E-state index contributed by atoms with van der Waals surface area (Å²) in [5.74, 6) is 6.49. The Kier molecular flexibility index (Phi) is 2.95. The van der Waals surface area contributed by atoms with E-state index in [1.54, 1.807) is 12.4 Å². The highest BCUT2D eigenvalue weighted by Gasteiger charge is 2.02. The molecule has 0 saturated heterocycles. The highest BCUT2D eigenvalue weighted by atomic mass is 15.3. The van der Waals surface area contributed by atoms with E-state index in [1.165, 1.54) is 0 Å². The van der Waals surface area contributed by atoms with Crippen molar-refractivity contribution in [2.75, 3.05) is 0 Å². The number of nitrogens with one attached hydrogen (secondary N) is 1. The normalized spacial score (nSPS) is 10.4. The topological polar surface area (TPSA) is 46.5 Å². The fourth-order valence-electron chi connectivity index (χ4n) is 2.39. The molecule has 4 aromatic rings. The van der Waals surface area contributed by atoms with Crippen LogP contribution >= 0.6 is 0 Å². The molecule has 104 valence electrons. The first kappa shape index (κ1) is 12.4. The molecule has 0 unspecified atom stereocenters. The highest BCUT2D eigenvalue weighted by Crippen LogP contribution is 2.15. The Labute approximate surface area is 127 Å². The Morgan fingerprint density at radius 2 is 1.82 bits per heavy atom. The van der Waals surface area contributed by atoms with Crippen molar-refractivity contribution < 1.29 is 0 Å². The van der Waals surface area contributed by atoms with E-state index in [-0.39, 0.29) is 0 Å². The van der Waals surface area contributed by atoms with Gasteiger partial charge in [0, 0.05) is 35.7 Å². The lowest BCUT2D eigenvalue weighted by atomic mass is 10.1. The summed E-state index contributed by atoms with van der Waals surface area (Å²) in [4.78, 5) is 7.38. The second-order valence-electron chi connectivity index (χ2n) is 4.82. The van der Waals surface area contributed by atoms with Crippen LogP contribution < -0.4 is 0 Å². The van der Waals surface area contributed by atoms with Crippen LogP contribution in [0.25, 0.3) is 16.7 Å². The summed E-state index contributed by atoms with van der Waals surface area (Å²) in [6, 6.07) is 13.8. The zero-order valence-corrected chi connectivity index (χ0v) is 11.7. The van der Waals surface area contributed by atoms with E-state index in [4.69, 9.17) is 0 Å². The molecule has 0 aliphatic carbocycles. The fraction of sp³-hybridized carbons (Fsp3) is 0. The van der Waals surface area contributed by atoms with E-state index >= 15 is 0 Å². The molecule has 0 saturated carbocycles. The van der Waals surface area contributed by atoms with Crippen molar-refractivity contribution in [3.05, 3.63) is 78.4 Å². The Morgan fingerprint density at radius 1 is 0.909 bits per heavy atom. The van der Waals surface area contributed by atoms with Crippen LogP contribution in [-0.4, -0.2) is 19.7 Å². The number of hydrogen-bond donors (Lipinski definition) is 1. The van der Waals surface area contributed by atoms with Gasteiger partial charge in [0.25, 0.3) is 0 Å². The number of pyridine rings is 1.